The molecule has 0 aliphatic heterocycles. The van der Waals surface area contributed by atoms with E-state index < -0.39 is 0 Å². The highest BCUT2D eigenvalue weighted by Crippen LogP contribution is 2.17. The summed E-state index contributed by atoms with van der Waals surface area (Å²) in [6.07, 6.45) is 1.59. The number of nitrogens with one attached hydrogen (secondary N) is 1. The first kappa shape index (κ1) is 14.3. The molecule has 1 unspecified atom stereocenters. The summed E-state index contributed by atoms with van der Waals surface area (Å²) < 4.78 is 0. The van der Waals surface area contributed by atoms with Gasteiger partial charge in [0.25, 0.3) is 5.91 Å². The Hall–Kier alpha value is -0.730. The van der Waals surface area contributed by atoms with Gasteiger partial charge in [0.15, 0.2) is 0 Å². The zero-order chi connectivity index (χ0) is 12.9. The first-order valence-electron chi connectivity index (χ1n) is 5.65. The summed E-state index contributed by atoms with van der Waals surface area (Å²) in [6.45, 7) is 4.03. The van der Waals surface area contributed by atoms with Crippen molar-refractivity contribution >= 4 is 29.1 Å². The van der Waals surface area contributed by atoms with Crippen LogP contribution >= 0.6 is 23.2 Å². The van der Waals surface area contributed by atoms with Crippen molar-refractivity contribution in [1.29, 1.82) is 0 Å². The molecule has 0 saturated heterocycles. The topological polar surface area (TPSA) is 29.1 Å². The van der Waals surface area contributed by atoms with Gasteiger partial charge in [-0.3, -0.25) is 4.79 Å². The predicted molar refractivity (Wildman–Crippen MR) is 73.0 cm³/mol. The number of amides is 1. The predicted octanol–water partition coefficient (Wildman–Crippen LogP) is 3.87. The van der Waals surface area contributed by atoms with Crippen molar-refractivity contribution in [3.05, 3.63) is 34.9 Å². The maximum Gasteiger partial charge on any atom is 0.251 e. The summed E-state index contributed by atoms with van der Waals surface area (Å²) in [5.41, 5.74) is 0.313. The third-order valence-electron chi connectivity index (χ3n) is 2.93. The lowest BCUT2D eigenvalue weighted by molar-refractivity contribution is 0.0901. The lowest BCUT2D eigenvalue weighted by Crippen LogP contribution is -2.45. The Labute approximate surface area is 112 Å². The second-order valence-electron chi connectivity index (χ2n) is 4.32. The minimum atomic E-state index is -0.263. The van der Waals surface area contributed by atoms with Crippen LogP contribution in [0.3, 0.4) is 0 Å². The van der Waals surface area contributed by atoms with Crippen LogP contribution in [0.15, 0.2) is 24.3 Å². The van der Waals surface area contributed by atoms with Gasteiger partial charge in [0.05, 0.1) is 0 Å². The molecule has 0 aliphatic rings. The Balaban J connectivity index is 2.77. The van der Waals surface area contributed by atoms with E-state index in [4.69, 9.17) is 23.2 Å². The van der Waals surface area contributed by atoms with Crippen molar-refractivity contribution < 1.29 is 4.79 Å². The number of carbonyl (C=O) groups is 1. The van der Waals surface area contributed by atoms with Gasteiger partial charge in [-0.2, -0.15) is 0 Å². The van der Waals surface area contributed by atoms with E-state index in [0.29, 0.717) is 16.5 Å². The normalized spacial score (nSPS) is 14.1. The van der Waals surface area contributed by atoms with Crippen molar-refractivity contribution in [2.75, 3.05) is 5.88 Å². The molecule has 0 bridgehead atoms. The lowest BCUT2D eigenvalue weighted by atomic mass is 9.95. The standard InChI is InChI=1S/C13H17Cl2NO/c1-3-13(2,7-8-14)16-12(17)10-5-4-6-11(15)9-10/h4-6,9H,3,7-8H2,1-2H3,(H,16,17). The third kappa shape index (κ3) is 4.21. The molecule has 17 heavy (non-hydrogen) atoms. The summed E-state index contributed by atoms with van der Waals surface area (Å²) in [5, 5.41) is 3.57. The minimum Gasteiger partial charge on any atom is -0.347 e. The van der Waals surface area contributed by atoms with Crippen LogP contribution in [0, 0.1) is 0 Å². The Morgan fingerprint density at radius 1 is 1.47 bits per heavy atom. The summed E-state index contributed by atoms with van der Waals surface area (Å²) in [5.74, 6) is 0.419. The van der Waals surface area contributed by atoms with E-state index in [9.17, 15) is 4.79 Å². The maximum atomic E-state index is 12.0. The van der Waals surface area contributed by atoms with Crippen LogP contribution < -0.4 is 5.32 Å². The number of alkyl halides is 1. The molecule has 0 aromatic heterocycles. The van der Waals surface area contributed by atoms with Crippen LogP contribution in [0.2, 0.25) is 5.02 Å². The van der Waals surface area contributed by atoms with E-state index in [1.807, 2.05) is 13.8 Å². The number of halogens is 2. The fourth-order valence-electron chi connectivity index (χ4n) is 1.51. The van der Waals surface area contributed by atoms with Crippen molar-refractivity contribution in [3.63, 3.8) is 0 Å². The zero-order valence-electron chi connectivity index (χ0n) is 10.1. The number of hydrogen-bond donors (Lipinski definition) is 1. The molecule has 0 radical (unpaired) electrons. The molecule has 0 heterocycles. The van der Waals surface area contributed by atoms with E-state index in [-0.39, 0.29) is 11.4 Å². The van der Waals surface area contributed by atoms with Crippen LogP contribution in [-0.4, -0.2) is 17.3 Å². The van der Waals surface area contributed by atoms with E-state index in [2.05, 4.69) is 5.32 Å². The lowest BCUT2D eigenvalue weighted by Gasteiger charge is -2.29. The molecular formula is C13H17Cl2NO. The zero-order valence-corrected chi connectivity index (χ0v) is 11.6. The fourth-order valence-corrected chi connectivity index (χ4v) is 2.12. The molecule has 1 atom stereocenters. The Morgan fingerprint density at radius 2 is 2.18 bits per heavy atom. The van der Waals surface area contributed by atoms with Gasteiger partial charge in [-0.05, 0) is 38.0 Å². The molecule has 0 saturated carbocycles. The van der Waals surface area contributed by atoms with Crippen LogP contribution in [0.25, 0.3) is 0 Å². The number of rotatable bonds is 5. The van der Waals surface area contributed by atoms with Crippen molar-refractivity contribution in [2.45, 2.75) is 32.2 Å². The maximum absolute atomic E-state index is 12.0. The van der Waals surface area contributed by atoms with Crippen molar-refractivity contribution in [3.8, 4) is 0 Å². The third-order valence-corrected chi connectivity index (χ3v) is 3.35. The highest BCUT2D eigenvalue weighted by Gasteiger charge is 2.24. The quantitative estimate of drug-likeness (QED) is 0.811. The number of carbonyl (C=O) groups excluding carboxylic acids is 1. The summed E-state index contributed by atoms with van der Waals surface area (Å²) in [4.78, 5) is 12.0. The van der Waals surface area contributed by atoms with Gasteiger partial charge < -0.3 is 5.32 Å². The summed E-state index contributed by atoms with van der Waals surface area (Å²) >= 11 is 11.6. The SMILES string of the molecule is CCC(C)(CCCl)NC(=O)c1cccc(Cl)c1. The molecule has 4 heteroatoms. The van der Waals surface area contributed by atoms with Gasteiger partial charge in [0.1, 0.15) is 0 Å². The van der Waals surface area contributed by atoms with Gasteiger partial charge in [-0.25, -0.2) is 0 Å². The molecule has 1 N–H and O–H groups in total. The molecule has 1 rings (SSSR count). The van der Waals surface area contributed by atoms with Crippen molar-refractivity contribution in [1.82, 2.24) is 5.32 Å². The number of benzene rings is 1. The van der Waals surface area contributed by atoms with E-state index >= 15 is 0 Å². The van der Waals surface area contributed by atoms with E-state index in [0.717, 1.165) is 12.8 Å². The van der Waals surface area contributed by atoms with Gasteiger partial charge in [0.2, 0.25) is 0 Å². The largest absolute Gasteiger partial charge is 0.347 e. The molecule has 0 fully saturated rings. The minimum absolute atomic E-state index is 0.109. The molecule has 1 amide bonds. The fraction of sp³-hybridized carbons (Fsp3) is 0.462. The smallest absolute Gasteiger partial charge is 0.251 e. The van der Waals surface area contributed by atoms with Crippen LogP contribution in [0.4, 0.5) is 0 Å². The molecule has 2 nitrogen and oxygen atoms in total. The van der Waals surface area contributed by atoms with Gasteiger partial charge in [0, 0.05) is 22.0 Å². The van der Waals surface area contributed by atoms with E-state index in [1.54, 1.807) is 24.3 Å². The van der Waals surface area contributed by atoms with Crippen LogP contribution in [0.1, 0.15) is 37.0 Å². The first-order valence-corrected chi connectivity index (χ1v) is 6.56. The van der Waals surface area contributed by atoms with Gasteiger partial charge >= 0.3 is 0 Å². The average Bonchev–Trinajstić information content (AvgIpc) is 2.29. The highest BCUT2D eigenvalue weighted by molar-refractivity contribution is 6.30. The Kier molecular flexibility index (Phi) is 5.29. The molecule has 0 spiro atoms. The van der Waals surface area contributed by atoms with Crippen LogP contribution in [-0.2, 0) is 0 Å². The molecule has 1 aromatic carbocycles. The highest BCUT2D eigenvalue weighted by atomic mass is 35.5. The first-order chi connectivity index (χ1) is 8.00. The molecular weight excluding hydrogens is 257 g/mol. The van der Waals surface area contributed by atoms with E-state index in [1.165, 1.54) is 0 Å². The second kappa shape index (κ2) is 6.27. The van der Waals surface area contributed by atoms with Gasteiger partial charge in [-0.1, -0.05) is 24.6 Å². The van der Waals surface area contributed by atoms with Gasteiger partial charge in [-0.15, -0.1) is 11.6 Å². The molecule has 94 valence electrons. The van der Waals surface area contributed by atoms with Crippen LogP contribution in [0.5, 0.6) is 0 Å². The Bertz CT molecular complexity index is 395. The summed E-state index contributed by atoms with van der Waals surface area (Å²) in [6, 6.07) is 6.92. The second-order valence-corrected chi connectivity index (χ2v) is 5.13. The average molecular weight is 274 g/mol. The Morgan fingerprint density at radius 3 is 2.71 bits per heavy atom. The monoisotopic (exact) mass is 273 g/mol. The molecule has 1 aromatic rings. The molecule has 0 aliphatic carbocycles. The summed E-state index contributed by atoms with van der Waals surface area (Å²) in [7, 11) is 0. The number of hydrogen-bond acceptors (Lipinski definition) is 1. The van der Waals surface area contributed by atoms with Crippen molar-refractivity contribution in [2.24, 2.45) is 0 Å².